The Labute approximate surface area is 92.2 Å². The van der Waals surface area contributed by atoms with Crippen molar-refractivity contribution in [2.24, 2.45) is 5.92 Å². The van der Waals surface area contributed by atoms with E-state index in [9.17, 15) is 4.79 Å². The van der Waals surface area contributed by atoms with Crippen molar-refractivity contribution in [1.82, 2.24) is 10.2 Å². The molecule has 0 aromatic heterocycles. The molecule has 0 spiro atoms. The van der Waals surface area contributed by atoms with Gasteiger partial charge in [0.1, 0.15) is 0 Å². The summed E-state index contributed by atoms with van der Waals surface area (Å²) < 4.78 is 0. The zero-order chi connectivity index (χ0) is 10.5. The van der Waals surface area contributed by atoms with Crippen LogP contribution in [-0.2, 0) is 4.79 Å². The first-order chi connectivity index (χ1) is 7.36. The Balaban J connectivity index is 1.58. The minimum atomic E-state index is 0.391. The van der Waals surface area contributed by atoms with E-state index in [-0.39, 0.29) is 0 Å². The normalized spacial score (nSPS) is 22.5. The molecule has 2 heterocycles. The molecule has 0 saturated carbocycles. The van der Waals surface area contributed by atoms with E-state index in [1.165, 1.54) is 25.7 Å². The highest BCUT2D eigenvalue weighted by molar-refractivity contribution is 5.76. The third kappa shape index (κ3) is 3.20. The van der Waals surface area contributed by atoms with E-state index >= 15 is 0 Å². The topological polar surface area (TPSA) is 32.3 Å². The zero-order valence-electron chi connectivity index (χ0n) is 9.50. The van der Waals surface area contributed by atoms with E-state index in [1.807, 2.05) is 0 Å². The quantitative estimate of drug-likeness (QED) is 0.760. The number of piperidine rings is 1. The van der Waals surface area contributed by atoms with E-state index in [2.05, 4.69) is 10.2 Å². The van der Waals surface area contributed by atoms with Crippen LogP contribution in [0.5, 0.6) is 0 Å². The van der Waals surface area contributed by atoms with Crippen molar-refractivity contribution in [1.29, 1.82) is 0 Å². The second-order valence-corrected chi connectivity index (χ2v) is 4.86. The van der Waals surface area contributed by atoms with Gasteiger partial charge in [-0.05, 0) is 51.1 Å². The molecule has 0 aliphatic carbocycles. The van der Waals surface area contributed by atoms with Crippen molar-refractivity contribution >= 4 is 5.91 Å². The summed E-state index contributed by atoms with van der Waals surface area (Å²) in [6, 6.07) is 0. The van der Waals surface area contributed by atoms with Crippen LogP contribution in [0.3, 0.4) is 0 Å². The van der Waals surface area contributed by atoms with Crippen molar-refractivity contribution in [3.63, 3.8) is 0 Å². The lowest BCUT2D eigenvalue weighted by atomic mass is 9.96. The maximum Gasteiger partial charge on any atom is 0.222 e. The highest BCUT2D eigenvalue weighted by Gasteiger charge is 2.19. The monoisotopic (exact) mass is 210 g/mol. The van der Waals surface area contributed by atoms with Gasteiger partial charge in [0, 0.05) is 19.5 Å². The molecule has 1 N–H and O–H groups in total. The van der Waals surface area contributed by atoms with E-state index < -0.39 is 0 Å². The van der Waals surface area contributed by atoms with Crippen molar-refractivity contribution in [3.05, 3.63) is 0 Å². The number of hydrogen-bond donors (Lipinski definition) is 1. The Morgan fingerprint density at radius 2 is 1.93 bits per heavy atom. The van der Waals surface area contributed by atoms with Crippen LogP contribution in [-0.4, -0.2) is 37.0 Å². The fraction of sp³-hybridized carbons (Fsp3) is 0.917. The molecule has 0 aromatic rings. The first-order valence-electron chi connectivity index (χ1n) is 6.35. The van der Waals surface area contributed by atoms with Gasteiger partial charge >= 0.3 is 0 Å². The van der Waals surface area contributed by atoms with Crippen molar-refractivity contribution < 1.29 is 4.79 Å². The predicted molar refractivity (Wildman–Crippen MR) is 60.6 cm³/mol. The minimum absolute atomic E-state index is 0.391. The van der Waals surface area contributed by atoms with Crippen LogP contribution in [0.15, 0.2) is 0 Å². The Morgan fingerprint density at radius 1 is 1.20 bits per heavy atom. The average molecular weight is 210 g/mol. The molecule has 0 bridgehead atoms. The Kier molecular flexibility index (Phi) is 4.01. The smallest absolute Gasteiger partial charge is 0.222 e. The van der Waals surface area contributed by atoms with Crippen molar-refractivity contribution in [3.8, 4) is 0 Å². The number of nitrogens with zero attached hydrogens (tertiary/aromatic N) is 1. The lowest BCUT2D eigenvalue weighted by molar-refractivity contribution is -0.132. The van der Waals surface area contributed by atoms with Crippen LogP contribution in [0.2, 0.25) is 0 Å². The Bertz CT molecular complexity index is 208. The lowest BCUT2D eigenvalue weighted by Gasteiger charge is -2.29. The number of hydrogen-bond acceptors (Lipinski definition) is 2. The van der Waals surface area contributed by atoms with Crippen LogP contribution in [0.1, 0.15) is 38.5 Å². The van der Waals surface area contributed by atoms with Gasteiger partial charge in [-0.2, -0.15) is 0 Å². The van der Waals surface area contributed by atoms with Gasteiger partial charge in [-0.3, -0.25) is 4.79 Å². The van der Waals surface area contributed by atoms with Gasteiger partial charge in [0.25, 0.3) is 0 Å². The van der Waals surface area contributed by atoms with Crippen LogP contribution < -0.4 is 5.32 Å². The number of nitrogens with one attached hydrogen (secondary N) is 1. The van der Waals surface area contributed by atoms with Crippen LogP contribution in [0.4, 0.5) is 0 Å². The number of rotatable bonds is 4. The molecule has 2 aliphatic heterocycles. The molecular formula is C12H22N2O. The second-order valence-electron chi connectivity index (χ2n) is 4.86. The fourth-order valence-electron chi connectivity index (χ4n) is 2.40. The summed E-state index contributed by atoms with van der Waals surface area (Å²) in [4.78, 5) is 13.9. The summed E-state index contributed by atoms with van der Waals surface area (Å²) in [6.07, 6.45) is 6.80. The molecule has 2 fully saturated rings. The Morgan fingerprint density at radius 3 is 2.53 bits per heavy atom. The molecule has 2 rings (SSSR count). The summed E-state index contributed by atoms with van der Waals surface area (Å²) >= 11 is 0. The van der Waals surface area contributed by atoms with Crippen molar-refractivity contribution in [2.45, 2.75) is 38.5 Å². The highest BCUT2D eigenvalue weighted by atomic mass is 16.2. The molecule has 0 aromatic carbocycles. The summed E-state index contributed by atoms with van der Waals surface area (Å²) in [7, 11) is 0. The van der Waals surface area contributed by atoms with E-state index in [1.54, 1.807) is 0 Å². The first-order valence-corrected chi connectivity index (χ1v) is 6.35. The molecule has 2 saturated heterocycles. The molecule has 1 amide bonds. The molecule has 0 radical (unpaired) electrons. The van der Waals surface area contributed by atoms with Gasteiger partial charge in [0.05, 0.1) is 0 Å². The molecule has 0 unspecified atom stereocenters. The first kappa shape index (κ1) is 10.9. The van der Waals surface area contributed by atoms with Gasteiger partial charge in [0.2, 0.25) is 5.91 Å². The largest absolute Gasteiger partial charge is 0.343 e. The molecule has 86 valence electrons. The van der Waals surface area contributed by atoms with Gasteiger partial charge in [-0.25, -0.2) is 0 Å². The summed E-state index contributed by atoms with van der Waals surface area (Å²) in [5, 5.41) is 3.27. The van der Waals surface area contributed by atoms with Gasteiger partial charge in [-0.15, -0.1) is 0 Å². The van der Waals surface area contributed by atoms with Crippen LogP contribution in [0.25, 0.3) is 0 Å². The predicted octanol–water partition coefficient (Wildman–Crippen LogP) is 1.39. The summed E-state index contributed by atoms with van der Waals surface area (Å²) in [5.74, 6) is 1.24. The number of carbonyl (C=O) groups excluding carboxylic acids is 1. The minimum Gasteiger partial charge on any atom is -0.343 e. The fourth-order valence-corrected chi connectivity index (χ4v) is 2.40. The zero-order valence-corrected chi connectivity index (χ0v) is 9.50. The van der Waals surface area contributed by atoms with Crippen LogP contribution >= 0.6 is 0 Å². The molecule has 0 atom stereocenters. The third-order valence-corrected chi connectivity index (χ3v) is 3.58. The summed E-state index contributed by atoms with van der Waals surface area (Å²) in [6.45, 7) is 4.34. The summed E-state index contributed by atoms with van der Waals surface area (Å²) in [5.41, 5.74) is 0. The van der Waals surface area contributed by atoms with Crippen molar-refractivity contribution in [2.75, 3.05) is 26.2 Å². The lowest BCUT2D eigenvalue weighted by Crippen LogP contribution is -2.42. The van der Waals surface area contributed by atoms with Gasteiger partial charge in [-0.1, -0.05) is 0 Å². The molecule has 2 aliphatic rings. The SMILES string of the molecule is O=C(CCCC1CNC1)N1CCCCC1. The number of likely N-dealkylation sites (tertiary alicyclic amines) is 1. The van der Waals surface area contributed by atoms with E-state index in [0.29, 0.717) is 5.91 Å². The average Bonchev–Trinajstić information content (AvgIpc) is 2.23. The van der Waals surface area contributed by atoms with Crippen LogP contribution in [0, 0.1) is 5.92 Å². The highest BCUT2D eigenvalue weighted by Crippen LogP contribution is 2.15. The molecule has 3 heteroatoms. The maximum absolute atomic E-state index is 11.8. The number of amides is 1. The molecule has 15 heavy (non-hydrogen) atoms. The molecule has 3 nitrogen and oxygen atoms in total. The Hall–Kier alpha value is -0.570. The van der Waals surface area contributed by atoms with Gasteiger partial charge < -0.3 is 10.2 Å². The van der Waals surface area contributed by atoms with E-state index in [0.717, 1.165) is 44.9 Å². The third-order valence-electron chi connectivity index (χ3n) is 3.58. The molecular weight excluding hydrogens is 188 g/mol. The second kappa shape index (κ2) is 5.50. The van der Waals surface area contributed by atoms with Gasteiger partial charge in [0.15, 0.2) is 0 Å². The standard InChI is InChI=1S/C12H22N2O/c15-12(14-7-2-1-3-8-14)6-4-5-11-9-13-10-11/h11,13H,1-10H2. The van der Waals surface area contributed by atoms with E-state index in [4.69, 9.17) is 0 Å². The number of carbonyl (C=O) groups is 1. The maximum atomic E-state index is 11.8.